The molecule has 3 heteroatoms. The van der Waals surface area contributed by atoms with E-state index >= 15 is 0 Å². The van der Waals surface area contributed by atoms with Gasteiger partial charge in [0.1, 0.15) is 5.54 Å². The molecule has 0 aliphatic heterocycles. The molecular weight excluding hydrogens is 234 g/mol. The molecule has 0 amide bonds. The van der Waals surface area contributed by atoms with Crippen molar-refractivity contribution in [2.45, 2.75) is 70.4 Å². The van der Waals surface area contributed by atoms with Gasteiger partial charge in [0.15, 0.2) is 0 Å². The van der Waals surface area contributed by atoms with Gasteiger partial charge >= 0.3 is 0 Å². The van der Waals surface area contributed by atoms with Gasteiger partial charge < -0.3 is 4.90 Å². The molecule has 0 aromatic carbocycles. The predicted octanol–water partition coefficient (Wildman–Crippen LogP) is 2.92. The minimum Gasteiger partial charge on any atom is -0.300 e. The molecule has 2 aliphatic carbocycles. The van der Waals surface area contributed by atoms with Crippen molar-refractivity contribution in [3.63, 3.8) is 0 Å². The smallest absolute Gasteiger partial charge is 0.108 e. The topological polar surface area (TPSA) is 39.1 Å². The van der Waals surface area contributed by atoms with Crippen LogP contribution in [0.15, 0.2) is 0 Å². The summed E-state index contributed by atoms with van der Waals surface area (Å²) in [6.07, 6.45) is 8.42. The highest BCUT2D eigenvalue weighted by Crippen LogP contribution is 2.36. The second-order valence-electron chi connectivity index (χ2n) is 6.46. The Bertz CT molecular complexity index is 318. The molecule has 0 bridgehead atoms. The minimum absolute atomic E-state index is 0.240. The van der Waals surface area contributed by atoms with Crippen LogP contribution >= 0.6 is 0 Å². The summed E-state index contributed by atoms with van der Waals surface area (Å²) in [7, 11) is 0. The molecule has 2 atom stereocenters. The lowest BCUT2D eigenvalue weighted by Crippen LogP contribution is -2.44. The van der Waals surface area contributed by atoms with E-state index in [2.05, 4.69) is 30.1 Å². The van der Waals surface area contributed by atoms with Gasteiger partial charge in [-0.3, -0.25) is 5.32 Å². The largest absolute Gasteiger partial charge is 0.300 e. The first-order valence-electron chi connectivity index (χ1n) is 8.13. The van der Waals surface area contributed by atoms with E-state index in [4.69, 9.17) is 0 Å². The molecule has 19 heavy (non-hydrogen) atoms. The first-order valence-corrected chi connectivity index (χ1v) is 8.13. The molecule has 0 aromatic heterocycles. The van der Waals surface area contributed by atoms with Crippen LogP contribution < -0.4 is 5.32 Å². The van der Waals surface area contributed by atoms with E-state index < -0.39 is 0 Å². The third-order valence-corrected chi connectivity index (χ3v) is 4.63. The summed E-state index contributed by atoms with van der Waals surface area (Å²) in [5.74, 6) is 0.951. The Morgan fingerprint density at radius 3 is 2.63 bits per heavy atom. The highest BCUT2D eigenvalue weighted by molar-refractivity contribution is 5.13. The number of nitrogens with zero attached hydrogens (tertiary/aromatic N) is 2. The molecule has 2 unspecified atom stereocenters. The standard InChI is InChI=1S/C16H29N3/c1-3-9-18-16(13-17)8-7-15(11-16)19(10-4-2)12-14-5-6-14/h14-15,18H,3-12H2,1-2H3. The van der Waals surface area contributed by atoms with Crippen molar-refractivity contribution in [2.24, 2.45) is 5.92 Å². The summed E-state index contributed by atoms with van der Waals surface area (Å²) in [5.41, 5.74) is -0.240. The summed E-state index contributed by atoms with van der Waals surface area (Å²) < 4.78 is 0. The van der Waals surface area contributed by atoms with Gasteiger partial charge in [-0.25, -0.2) is 0 Å². The molecule has 0 spiro atoms. The van der Waals surface area contributed by atoms with Crippen molar-refractivity contribution < 1.29 is 0 Å². The van der Waals surface area contributed by atoms with E-state index in [0.29, 0.717) is 6.04 Å². The van der Waals surface area contributed by atoms with Crippen molar-refractivity contribution in [2.75, 3.05) is 19.6 Å². The van der Waals surface area contributed by atoms with Gasteiger partial charge in [0, 0.05) is 12.6 Å². The summed E-state index contributed by atoms with van der Waals surface area (Å²) in [6.45, 7) is 7.88. The maximum atomic E-state index is 9.54. The number of nitrogens with one attached hydrogen (secondary N) is 1. The lowest BCUT2D eigenvalue weighted by molar-refractivity contribution is 0.184. The second kappa shape index (κ2) is 6.72. The molecule has 0 aromatic rings. The van der Waals surface area contributed by atoms with Gasteiger partial charge in [0.05, 0.1) is 6.07 Å². The second-order valence-corrected chi connectivity index (χ2v) is 6.46. The normalized spacial score (nSPS) is 30.7. The Morgan fingerprint density at radius 1 is 1.26 bits per heavy atom. The zero-order valence-corrected chi connectivity index (χ0v) is 12.6. The summed E-state index contributed by atoms with van der Waals surface area (Å²) >= 11 is 0. The zero-order valence-electron chi connectivity index (χ0n) is 12.6. The zero-order chi connectivity index (χ0) is 13.7. The molecule has 0 saturated heterocycles. The van der Waals surface area contributed by atoms with Crippen LogP contribution in [0.1, 0.15) is 58.8 Å². The van der Waals surface area contributed by atoms with Crippen LogP contribution in [-0.4, -0.2) is 36.1 Å². The molecule has 0 heterocycles. The van der Waals surface area contributed by atoms with Crippen molar-refractivity contribution in [1.29, 1.82) is 5.26 Å². The number of rotatable bonds is 8. The minimum atomic E-state index is -0.240. The lowest BCUT2D eigenvalue weighted by atomic mass is 9.99. The van der Waals surface area contributed by atoms with Gasteiger partial charge in [0.25, 0.3) is 0 Å². The van der Waals surface area contributed by atoms with Gasteiger partial charge in [-0.2, -0.15) is 5.26 Å². The first kappa shape index (κ1) is 14.8. The quantitative estimate of drug-likeness (QED) is 0.732. The van der Waals surface area contributed by atoms with Crippen LogP contribution in [0.2, 0.25) is 0 Å². The molecular formula is C16H29N3. The summed E-state index contributed by atoms with van der Waals surface area (Å²) in [6, 6.07) is 3.20. The Balaban J connectivity index is 1.91. The molecule has 1 N–H and O–H groups in total. The molecule has 0 radical (unpaired) electrons. The van der Waals surface area contributed by atoms with Gasteiger partial charge in [-0.15, -0.1) is 0 Å². The van der Waals surface area contributed by atoms with Gasteiger partial charge in [-0.05, 0) is 64.0 Å². The fourth-order valence-electron chi connectivity index (χ4n) is 3.34. The fraction of sp³-hybridized carbons (Fsp3) is 0.938. The molecule has 3 nitrogen and oxygen atoms in total. The Labute approximate surface area is 118 Å². The molecule has 108 valence electrons. The van der Waals surface area contributed by atoms with Crippen LogP contribution in [0.3, 0.4) is 0 Å². The number of hydrogen-bond donors (Lipinski definition) is 1. The van der Waals surface area contributed by atoms with Gasteiger partial charge in [-0.1, -0.05) is 13.8 Å². The Morgan fingerprint density at radius 2 is 2.05 bits per heavy atom. The average molecular weight is 263 g/mol. The van der Waals surface area contributed by atoms with Crippen LogP contribution in [0.4, 0.5) is 0 Å². The Kier molecular flexibility index (Phi) is 5.24. The fourth-order valence-corrected chi connectivity index (χ4v) is 3.34. The maximum Gasteiger partial charge on any atom is 0.108 e. The SMILES string of the molecule is CCCNC1(C#N)CCC(N(CCC)CC2CC2)C1. The molecule has 2 rings (SSSR count). The van der Waals surface area contributed by atoms with Gasteiger partial charge in [0.2, 0.25) is 0 Å². The Hall–Kier alpha value is -0.590. The average Bonchev–Trinajstić information content (AvgIpc) is 3.14. The van der Waals surface area contributed by atoms with Crippen molar-refractivity contribution in [1.82, 2.24) is 10.2 Å². The van der Waals surface area contributed by atoms with Crippen molar-refractivity contribution in [3.8, 4) is 6.07 Å². The van der Waals surface area contributed by atoms with Crippen LogP contribution in [0, 0.1) is 17.2 Å². The lowest BCUT2D eigenvalue weighted by Gasteiger charge is -2.30. The number of nitriles is 1. The highest BCUT2D eigenvalue weighted by Gasteiger charge is 2.41. The van der Waals surface area contributed by atoms with E-state index in [1.807, 2.05) is 0 Å². The highest BCUT2D eigenvalue weighted by atomic mass is 15.2. The van der Waals surface area contributed by atoms with Crippen molar-refractivity contribution in [3.05, 3.63) is 0 Å². The third kappa shape index (κ3) is 3.94. The summed E-state index contributed by atoms with van der Waals surface area (Å²) in [4.78, 5) is 2.67. The van der Waals surface area contributed by atoms with E-state index in [1.165, 1.54) is 38.8 Å². The van der Waals surface area contributed by atoms with Crippen LogP contribution in [-0.2, 0) is 0 Å². The van der Waals surface area contributed by atoms with E-state index in [1.54, 1.807) is 0 Å². The molecule has 2 saturated carbocycles. The van der Waals surface area contributed by atoms with Crippen molar-refractivity contribution >= 4 is 0 Å². The van der Waals surface area contributed by atoms with Crippen LogP contribution in [0.5, 0.6) is 0 Å². The maximum absolute atomic E-state index is 9.54. The van der Waals surface area contributed by atoms with E-state index in [-0.39, 0.29) is 5.54 Å². The number of hydrogen-bond acceptors (Lipinski definition) is 3. The molecule has 2 aliphatic rings. The first-order chi connectivity index (χ1) is 9.23. The predicted molar refractivity (Wildman–Crippen MR) is 78.9 cm³/mol. The van der Waals surface area contributed by atoms with E-state index in [9.17, 15) is 5.26 Å². The van der Waals surface area contributed by atoms with Crippen LogP contribution in [0.25, 0.3) is 0 Å². The monoisotopic (exact) mass is 263 g/mol. The molecule has 2 fully saturated rings. The summed E-state index contributed by atoms with van der Waals surface area (Å²) in [5, 5.41) is 13.0. The van der Waals surface area contributed by atoms with E-state index in [0.717, 1.165) is 31.7 Å². The third-order valence-electron chi connectivity index (χ3n) is 4.63.